The van der Waals surface area contributed by atoms with Gasteiger partial charge in [0.25, 0.3) is 0 Å². The SMILES string of the molecule is CC(C)(N)C1(O)CN2CCC1CC2. The summed E-state index contributed by atoms with van der Waals surface area (Å²) >= 11 is 0. The zero-order chi connectivity index (χ0) is 9.69. The van der Waals surface area contributed by atoms with Crippen LogP contribution in [0, 0.1) is 5.92 Å². The van der Waals surface area contributed by atoms with Crippen molar-refractivity contribution in [1.29, 1.82) is 0 Å². The highest BCUT2D eigenvalue weighted by molar-refractivity contribution is 5.08. The van der Waals surface area contributed by atoms with Crippen LogP contribution in [0.25, 0.3) is 0 Å². The van der Waals surface area contributed by atoms with Gasteiger partial charge in [-0.1, -0.05) is 0 Å². The molecule has 0 aromatic carbocycles. The van der Waals surface area contributed by atoms with E-state index in [-0.39, 0.29) is 0 Å². The van der Waals surface area contributed by atoms with Gasteiger partial charge in [-0.3, -0.25) is 0 Å². The van der Waals surface area contributed by atoms with E-state index in [9.17, 15) is 5.11 Å². The predicted molar refractivity (Wildman–Crippen MR) is 52.4 cm³/mol. The molecule has 2 bridgehead atoms. The number of rotatable bonds is 1. The summed E-state index contributed by atoms with van der Waals surface area (Å²) < 4.78 is 0. The van der Waals surface area contributed by atoms with Gasteiger partial charge in [0, 0.05) is 12.1 Å². The molecule has 0 amide bonds. The van der Waals surface area contributed by atoms with E-state index in [4.69, 9.17) is 5.73 Å². The van der Waals surface area contributed by atoms with Crippen molar-refractivity contribution in [2.75, 3.05) is 19.6 Å². The molecule has 3 fully saturated rings. The predicted octanol–water partition coefficient (Wildman–Crippen LogP) is 0.180. The maximum atomic E-state index is 10.5. The lowest BCUT2D eigenvalue weighted by Gasteiger charge is -2.55. The summed E-state index contributed by atoms with van der Waals surface area (Å²) in [6.45, 7) is 6.93. The molecule has 0 aromatic heterocycles. The van der Waals surface area contributed by atoms with Crippen LogP contribution < -0.4 is 5.73 Å². The average molecular weight is 184 g/mol. The smallest absolute Gasteiger partial charge is 0.0975 e. The number of nitrogens with zero attached hydrogens (tertiary/aromatic N) is 1. The fourth-order valence-electron chi connectivity index (χ4n) is 2.77. The molecule has 3 aliphatic rings. The lowest BCUT2D eigenvalue weighted by Crippen LogP contribution is -2.70. The van der Waals surface area contributed by atoms with Gasteiger partial charge < -0.3 is 15.7 Å². The Morgan fingerprint density at radius 2 is 1.92 bits per heavy atom. The summed E-state index contributed by atoms with van der Waals surface area (Å²) in [7, 11) is 0. The van der Waals surface area contributed by atoms with Gasteiger partial charge >= 0.3 is 0 Å². The van der Waals surface area contributed by atoms with E-state index >= 15 is 0 Å². The normalized spacial score (nSPS) is 45.2. The molecule has 3 heteroatoms. The lowest BCUT2D eigenvalue weighted by molar-refractivity contribution is -0.147. The fourth-order valence-corrected chi connectivity index (χ4v) is 2.77. The van der Waals surface area contributed by atoms with Gasteiger partial charge in [-0.05, 0) is 45.7 Å². The average Bonchev–Trinajstić information content (AvgIpc) is 2.04. The summed E-state index contributed by atoms with van der Waals surface area (Å²) in [5, 5.41) is 10.5. The Hall–Kier alpha value is -0.120. The molecule has 3 rings (SSSR count). The largest absolute Gasteiger partial charge is 0.386 e. The molecule has 1 unspecified atom stereocenters. The third-order valence-electron chi connectivity index (χ3n) is 3.84. The van der Waals surface area contributed by atoms with E-state index in [0.717, 1.165) is 32.5 Å². The van der Waals surface area contributed by atoms with E-state index in [1.165, 1.54) is 0 Å². The molecule has 1 atom stereocenters. The Labute approximate surface area is 79.9 Å². The quantitative estimate of drug-likeness (QED) is 0.611. The molecule has 0 radical (unpaired) electrons. The molecular formula is C10H20N2O. The van der Waals surface area contributed by atoms with Crippen LogP contribution in [0.5, 0.6) is 0 Å². The number of nitrogens with two attached hydrogens (primary N) is 1. The third kappa shape index (κ3) is 1.30. The molecule has 0 spiro atoms. The standard InChI is InChI=1S/C10H20N2O/c1-9(2,11)10(13)7-12-5-3-8(10)4-6-12/h8,13H,3-7,11H2,1-2H3. The zero-order valence-corrected chi connectivity index (χ0v) is 8.58. The van der Waals surface area contributed by atoms with Crippen molar-refractivity contribution < 1.29 is 5.11 Å². The van der Waals surface area contributed by atoms with Crippen LogP contribution in [0.4, 0.5) is 0 Å². The summed E-state index contributed by atoms with van der Waals surface area (Å²) in [5.74, 6) is 0.414. The molecule has 3 heterocycles. The van der Waals surface area contributed by atoms with E-state index in [0.29, 0.717) is 5.92 Å². The van der Waals surface area contributed by atoms with Crippen LogP contribution in [0.3, 0.4) is 0 Å². The Balaban J connectivity index is 2.24. The van der Waals surface area contributed by atoms with Gasteiger partial charge in [-0.25, -0.2) is 0 Å². The highest BCUT2D eigenvalue weighted by atomic mass is 16.3. The number of piperidine rings is 3. The van der Waals surface area contributed by atoms with Crippen LogP contribution in [0.15, 0.2) is 0 Å². The van der Waals surface area contributed by atoms with Crippen LogP contribution >= 0.6 is 0 Å². The fraction of sp³-hybridized carbons (Fsp3) is 1.00. The van der Waals surface area contributed by atoms with E-state index in [1.54, 1.807) is 0 Å². The van der Waals surface area contributed by atoms with Gasteiger partial charge in [0.2, 0.25) is 0 Å². The van der Waals surface area contributed by atoms with E-state index in [2.05, 4.69) is 4.90 Å². The first-order chi connectivity index (χ1) is 5.93. The first kappa shape index (κ1) is 9.44. The van der Waals surface area contributed by atoms with Crippen molar-refractivity contribution in [3.05, 3.63) is 0 Å². The summed E-state index contributed by atoms with van der Waals surface area (Å²) in [4.78, 5) is 2.33. The molecule has 13 heavy (non-hydrogen) atoms. The van der Waals surface area contributed by atoms with Crippen LogP contribution in [-0.4, -0.2) is 40.8 Å². The topological polar surface area (TPSA) is 49.5 Å². The maximum absolute atomic E-state index is 10.5. The van der Waals surface area contributed by atoms with Crippen molar-refractivity contribution in [3.63, 3.8) is 0 Å². The van der Waals surface area contributed by atoms with Gasteiger partial charge in [0.05, 0.1) is 5.60 Å². The lowest BCUT2D eigenvalue weighted by atomic mass is 9.66. The minimum Gasteiger partial charge on any atom is -0.386 e. The van der Waals surface area contributed by atoms with E-state index in [1.807, 2.05) is 13.8 Å². The van der Waals surface area contributed by atoms with Gasteiger partial charge in [0.15, 0.2) is 0 Å². The zero-order valence-electron chi connectivity index (χ0n) is 8.58. The van der Waals surface area contributed by atoms with Crippen LogP contribution in [0.2, 0.25) is 0 Å². The molecule has 76 valence electrons. The highest BCUT2D eigenvalue weighted by Crippen LogP contribution is 2.40. The summed E-state index contributed by atoms with van der Waals surface area (Å²) in [5.41, 5.74) is 4.92. The Bertz CT molecular complexity index is 203. The molecular weight excluding hydrogens is 164 g/mol. The summed E-state index contributed by atoms with van der Waals surface area (Å²) in [6, 6.07) is 0. The van der Waals surface area contributed by atoms with Crippen molar-refractivity contribution in [2.45, 2.75) is 37.8 Å². The minimum absolute atomic E-state index is 0.414. The second-order valence-corrected chi connectivity index (χ2v) is 5.20. The van der Waals surface area contributed by atoms with Crippen LogP contribution in [-0.2, 0) is 0 Å². The van der Waals surface area contributed by atoms with Crippen molar-refractivity contribution in [1.82, 2.24) is 4.90 Å². The Morgan fingerprint density at radius 1 is 1.38 bits per heavy atom. The number of fused-ring (bicyclic) bond motifs is 3. The molecule has 0 aromatic rings. The van der Waals surface area contributed by atoms with Gasteiger partial charge in [-0.2, -0.15) is 0 Å². The second-order valence-electron chi connectivity index (χ2n) is 5.20. The van der Waals surface area contributed by atoms with E-state index < -0.39 is 11.1 Å². The van der Waals surface area contributed by atoms with Gasteiger partial charge in [-0.15, -0.1) is 0 Å². The number of hydrogen-bond acceptors (Lipinski definition) is 3. The summed E-state index contributed by atoms with van der Waals surface area (Å²) in [6.07, 6.45) is 2.22. The molecule has 0 aliphatic carbocycles. The monoisotopic (exact) mass is 184 g/mol. The molecule has 0 saturated carbocycles. The Kier molecular flexibility index (Phi) is 1.95. The van der Waals surface area contributed by atoms with Crippen molar-refractivity contribution >= 4 is 0 Å². The minimum atomic E-state index is -0.663. The molecule has 3 aliphatic heterocycles. The van der Waals surface area contributed by atoms with Crippen molar-refractivity contribution in [3.8, 4) is 0 Å². The highest BCUT2D eigenvalue weighted by Gasteiger charge is 2.52. The Morgan fingerprint density at radius 3 is 2.15 bits per heavy atom. The maximum Gasteiger partial charge on any atom is 0.0975 e. The number of aliphatic hydroxyl groups is 1. The first-order valence-corrected chi connectivity index (χ1v) is 5.17. The van der Waals surface area contributed by atoms with Gasteiger partial charge in [0.1, 0.15) is 0 Å². The molecule has 3 nitrogen and oxygen atoms in total. The molecule has 3 saturated heterocycles. The van der Waals surface area contributed by atoms with Crippen LogP contribution in [0.1, 0.15) is 26.7 Å². The first-order valence-electron chi connectivity index (χ1n) is 5.17. The number of hydrogen-bond donors (Lipinski definition) is 2. The second kappa shape index (κ2) is 2.69. The molecule has 3 N–H and O–H groups in total. The third-order valence-corrected chi connectivity index (χ3v) is 3.84. The van der Waals surface area contributed by atoms with Crippen molar-refractivity contribution in [2.24, 2.45) is 11.7 Å².